The predicted octanol–water partition coefficient (Wildman–Crippen LogP) is 4.80. The van der Waals surface area contributed by atoms with Gasteiger partial charge in [-0.15, -0.1) is 0 Å². The lowest BCUT2D eigenvalue weighted by atomic mass is 10.1. The molecular weight excluding hydrogens is 404 g/mol. The van der Waals surface area contributed by atoms with E-state index in [-0.39, 0.29) is 11.9 Å². The zero-order valence-corrected chi connectivity index (χ0v) is 18.9. The Morgan fingerprint density at radius 2 is 2.03 bits per heavy atom. The number of aryl methyl sites for hydroxylation is 1. The Hall–Kier alpha value is -3.68. The van der Waals surface area contributed by atoms with Crippen molar-refractivity contribution in [3.05, 3.63) is 54.0 Å². The van der Waals surface area contributed by atoms with Gasteiger partial charge in [-0.25, -0.2) is 15.0 Å². The van der Waals surface area contributed by atoms with E-state index in [1.165, 1.54) is 6.92 Å². The van der Waals surface area contributed by atoms with Gasteiger partial charge in [0.1, 0.15) is 11.0 Å². The van der Waals surface area contributed by atoms with Crippen molar-refractivity contribution in [2.75, 3.05) is 19.0 Å². The fourth-order valence-corrected chi connectivity index (χ4v) is 3.56. The van der Waals surface area contributed by atoms with Crippen LogP contribution in [0.3, 0.4) is 0 Å². The molecule has 4 aromatic rings. The van der Waals surface area contributed by atoms with Gasteiger partial charge in [0.2, 0.25) is 11.8 Å². The summed E-state index contributed by atoms with van der Waals surface area (Å²) in [5.41, 5.74) is 5.53. The van der Waals surface area contributed by atoms with Crippen LogP contribution in [0.2, 0.25) is 0 Å². The molecule has 32 heavy (non-hydrogen) atoms. The highest BCUT2D eigenvalue weighted by Gasteiger charge is 2.19. The van der Waals surface area contributed by atoms with E-state index in [0.717, 1.165) is 28.0 Å². The normalized spacial score (nSPS) is 12.6. The summed E-state index contributed by atoms with van der Waals surface area (Å²) in [6, 6.07) is 9.47. The Labute approximate surface area is 190 Å². The van der Waals surface area contributed by atoms with Crippen molar-refractivity contribution >= 4 is 16.7 Å². The van der Waals surface area contributed by atoms with Crippen LogP contribution in [0.4, 0.5) is 5.69 Å². The summed E-state index contributed by atoms with van der Waals surface area (Å²) in [6.07, 6.45) is 3.28. The van der Waals surface area contributed by atoms with Crippen LogP contribution in [0.5, 0.6) is 11.8 Å². The van der Waals surface area contributed by atoms with Gasteiger partial charge in [0.15, 0.2) is 0 Å². The summed E-state index contributed by atoms with van der Waals surface area (Å²) >= 11 is 0. The number of ether oxygens (including phenoxy) is 2. The number of nitrogens with zero attached hydrogens (tertiary/aromatic N) is 5. The first kappa shape index (κ1) is 19.0. The summed E-state index contributed by atoms with van der Waals surface area (Å²) in [7, 11) is 1.59. The van der Waals surface area contributed by atoms with E-state index in [0.29, 0.717) is 23.7 Å². The van der Waals surface area contributed by atoms with Gasteiger partial charge in [-0.2, -0.15) is 5.10 Å². The van der Waals surface area contributed by atoms with Crippen molar-refractivity contribution in [3.8, 4) is 23.0 Å². The third-order valence-electron chi connectivity index (χ3n) is 5.05. The van der Waals surface area contributed by atoms with Crippen LogP contribution >= 0.6 is 0 Å². The van der Waals surface area contributed by atoms with Crippen LogP contribution in [0.15, 0.2) is 42.7 Å². The number of pyridine rings is 3. The molecule has 166 valence electrons. The highest BCUT2D eigenvalue weighted by molar-refractivity contribution is 5.93. The number of hydrogen-bond acceptors (Lipinski definition) is 7. The molecule has 1 N–H and O–H groups in total. The maximum Gasteiger partial charge on any atom is 0.222 e. The molecule has 0 aliphatic rings. The van der Waals surface area contributed by atoms with Gasteiger partial charge in [-0.1, -0.05) is 0 Å². The van der Waals surface area contributed by atoms with Gasteiger partial charge >= 0.3 is 0 Å². The van der Waals surface area contributed by atoms with Crippen molar-refractivity contribution in [2.24, 2.45) is 0 Å². The molecule has 0 amide bonds. The van der Waals surface area contributed by atoms with E-state index in [9.17, 15) is 0 Å². The molecule has 8 heteroatoms. The Morgan fingerprint density at radius 3 is 2.78 bits per heavy atom. The molecule has 0 radical (unpaired) electrons. The van der Waals surface area contributed by atoms with Gasteiger partial charge in [0.25, 0.3) is 0 Å². The molecule has 0 spiro atoms. The number of aromatic nitrogens is 5. The Morgan fingerprint density at radius 1 is 1.19 bits per heavy atom. The first-order chi connectivity index (χ1) is 16.2. The average Bonchev–Trinajstić information content (AvgIpc) is 3.14. The lowest BCUT2D eigenvalue weighted by Gasteiger charge is -2.15. The average molecular weight is 435 g/mol. The van der Waals surface area contributed by atoms with Gasteiger partial charge < -0.3 is 14.8 Å². The van der Waals surface area contributed by atoms with Crippen molar-refractivity contribution in [3.63, 3.8) is 0 Å². The molecule has 0 aromatic carbocycles. The van der Waals surface area contributed by atoms with Crippen LogP contribution in [0.25, 0.3) is 22.3 Å². The fraction of sp³-hybridized carbons (Fsp3) is 0.333. The molecule has 0 saturated heterocycles. The van der Waals surface area contributed by atoms with Crippen LogP contribution < -0.4 is 14.8 Å². The Kier molecular flexibility index (Phi) is 5.48. The SMILES string of the molecule is [2H]C([2H])(C)Oc1ncccc1-c1cc(NCc2ccnc(OC)c2)c2c(n1)c(C)nn2C(C)C. The van der Waals surface area contributed by atoms with E-state index in [4.69, 9.17) is 22.3 Å². The monoisotopic (exact) mass is 434 g/mol. The molecule has 0 bridgehead atoms. The molecule has 0 saturated carbocycles. The van der Waals surface area contributed by atoms with Crippen LogP contribution in [-0.2, 0) is 6.54 Å². The van der Waals surface area contributed by atoms with Crippen LogP contribution in [0, 0.1) is 6.92 Å². The molecule has 0 unspecified atom stereocenters. The van der Waals surface area contributed by atoms with Crippen molar-refractivity contribution in [2.45, 2.75) is 40.3 Å². The molecular formula is C24H28N6O2. The quantitative estimate of drug-likeness (QED) is 0.426. The molecule has 4 aromatic heterocycles. The van der Waals surface area contributed by atoms with Gasteiger partial charge in [-0.05, 0) is 57.5 Å². The standard InChI is InChI=1S/C24H28N6O2/c1-6-32-24-18(8-7-10-26-24)19-13-20(27-14-17-9-11-25-21(12-17)31-5)23-22(28-19)16(4)29-30(23)15(2)3/h7-13,15H,6,14H2,1-5H3,(H,27,28)/i6D2. The first-order valence-corrected chi connectivity index (χ1v) is 10.4. The van der Waals surface area contributed by atoms with Gasteiger partial charge in [0, 0.05) is 31.0 Å². The van der Waals surface area contributed by atoms with Crippen molar-refractivity contribution in [1.82, 2.24) is 24.7 Å². The van der Waals surface area contributed by atoms with E-state index in [1.54, 1.807) is 25.6 Å². The van der Waals surface area contributed by atoms with Crippen molar-refractivity contribution in [1.29, 1.82) is 0 Å². The lowest BCUT2D eigenvalue weighted by Crippen LogP contribution is -2.07. The molecule has 0 atom stereocenters. The number of hydrogen-bond donors (Lipinski definition) is 1. The number of methoxy groups -OCH3 is 1. The molecule has 4 rings (SSSR count). The summed E-state index contributed by atoms with van der Waals surface area (Å²) < 4.78 is 28.3. The highest BCUT2D eigenvalue weighted by atomic mass is 16.5. The van der Waals surface area contributed by atoms with Gasteiger partial charge in [-0.3, -0.25) is 4.68 Å². The molecule has 0 aliphatic heterocycles. The van der Waals surface area contributed by atoms with E-state index in [1.807, 2.05) is 35.9 Å². The number of anilines is 1. The number of rotatable bonds is 8. The van der Waals surface area contributed by atoms with E-state index < -0.39 is 6.56 Å². The molecule has 0 fully saturated rings. The minimum atomic E-state index is -1.88. The zero-order chi connectivity index (χ0) is 24.5. The lowest BCUT2D eigenvalue weighted by molar-refractivity contribution is 0.328. The smallest absolute Gasteiger partial charge is 0.222 e. The molecule has 8 nitrogen and oxygen atoms in total. The predicted molar refractivity (Wildman–Crippen MR) is 125 cm³/mol. The first-order valence-electron chi connectivity index (χ1n) is 11.4. The van der Waals surface area contributed by atoms with Crippen LogP contribution in [-0.4, -0.2) is 38.4 Å². The van der Waals surface area contributed by atoms with E-state index in [2.05, 4.69) is 29.1 Å². The second-order valence-electron chi connectivity index (χ2n) is 7.60. The largest absolute Gasteiger partial charge is 0.481 e. The summed E-state index contributed by atoms with van der Waals surface area (Å²) in [5.74, 6) is 0.731. The second kappa shape index (κ2) is 9.21. The zero-order valence-electron chi connectivity index (χ0n) is 20.9. The maximum atomic E-state index is 7.82. The van der Waals surface area contributed by atoms with Gasteiger partial charge in [0.05, 0.1) is 39.0 Å². The summed E-state index contributed by atoms with van der Waals surface area (Å²) in [6.45, 7) is 6.08. The van der Waals surface area contributed by atoms with Crippen molar-refractivity contribution < 1.29 is 12.2 Å². The molecule has 0 aliphatic carbocycles. The highest BCUT2D eigenvalue weighted by Crippen LogP contribution is 2.34. The number of nitrogens with one attached hydrogen (secondary N) is 1. The Bertz CT molecular complexity index is 1320. The minimum absolute atomic E-state index is 0.134. The minimum Gasteiger partial charge on any atom is -0.481 e. The molecule has 4 heterocycles. The van der Waals surface area contributed by atoms with Crippen LogP contribution in [0.1, 0.15) is 40.8 Å². The summed E-state index contributed by atoms with van der Waals surface area (Å²) in [4.78, 5) is 13.3. The van der Waals surface area contributed by atoms with E-state index >= 15 is 0 Å². The third kappa shape index (κ3) is 4.21. The number of fused-ring (bicyclic) bond motifs is 1. The summed E-state index contributed by atoms with van der Waals surface area (Å²) in [5, 5.41) is 8.25. The third-order valence-corrected chi connectivity index (χ3v) is 5.05. The topological polar surface area (TPSA) is 87.0 Å². The maximum absolute atomic E-state index is 7.82. The second-order valence-corrected chi connectivity index (χ2v) is 7.60. The Balaban J connectivity index is 1.84. The fourth-order valence-electron chi connectivity index (χ4n) is 3.56.